The highest BCUT2D eigenvalue weighted by molar-refractivity contribution is 6.02. The molecule has 0 saturated carbocycles. The molecule has 35 heavy (non-hydrogen) atoms. The van der Waals surface area contributed by atoms with Crippen LogP contribution in [0.15, 0.2) is 42.5 Å². The van der Waals surface area contributed by atoms with Gasteiger partial charge in [-0.25, -0.2) is 9.59 Å². The molecule has 0 bridgehead atoms. The number of benzene rings is 2. The van der Waals surface area contributed by atoms with Gasteiger partial charge in [-0.3, -0.25) is 4.90 Å². The Morgan fingerprint density at radius 1 is 0.886 bits per heavy atom. The van der Waals surface area contributed by atoms with Gasteiger partial charge in [-0.1, -0.05) is 59.9 Å². The van der Waals surface area contributed by atoms with Crippen molar-refractivity contribution >= 4 is 23.4 Å². The second-order valence-corrected chi connectivity index (χ2v) is 10.9. The van der Waals surface area contributed by atoms with Crippen LogP contribution in [0.4, 0.5) is 16.2 Å². The highest BCUT2D eigenvalue weighted by Gasteiger charge is 2.37. The molecule has 1 N–H and O–H groups in total. The molecule has 0 unspecified atom stereocenters. The minimum absolute atomic E-state index is 0.0775. The predicted molar refractivity (Wildman–Crippen MR) is 145 cm³/mol. The van der Waals surface area contributed by atoms with Gasteiger partial charge in [0.1, 0.15) is 0 Å². The van der Waals surface area contributed by atoms with E-state index in [4.69, 9.17) is 4.74 Å². The van der Waals surface area contributed by atoms with E-state index in [2.05, 4.69) is 58.1 Å². The molecule has 5 heteroatoms. The zero-order chi connectivity index (χ0) is 25.6. The van der Waals surface area contributed by atoms with Gasteiger partial charge in [0.05, 0.1) is 12.2 Å². The highest BCUT2D eigenvalue weighted by atomic mass is 16.5. The summed E-state index contributed by atoms with van der Waals surface area (Å²) in [7, 11) is 0. The number of rotatable bonds is 9. The minimum Gasteiger partial charge on any atom is -0.462 e. The van der Waals surface area contributed by atoms with Crippen molar-refractivity contribution in [1.82, 2.24) is 0 Å². The monoisotopic (exact) mass is 478 g/mol. The Bertz CT molecular complexity index is 1020. The number of anilines is 2. The number of ether oxygens (including phenoxy) is 1. The molecular weight excluding hydrogens is 436 g/mol. The Balaban J connectivity index is 1.86. The van der Waals surface area contributed by atoms with E-state index in [9.17, 15) is 9.59 Å². The van der Waals surface area contributed by atoms with Gasteiger partial charge in [-0.15, -0.1) is 0 Å². The zero-order valence-electron chi connectivity index (χ0n) is 22.4. The number of nitrogens with zero attached hydrogens (tertiary/aromatic N) is 1. The highest BCUT2D eigenvalue weighted by Crippen LogP contribution is 2.46. The average molecular weight is 479 g/mol. The molecule has 0 spiro atoms. The van der Waals surface area contributed by atoms with Crippen LogP contribution in [0, 0.1) is 0 Å². The van der Waals surface area contributed by atoms with Crippen LogP contribution in [0.25, 0.3) is 0 Å². The van der Waals surface area contributed by atoms with Crippen molar-refractivity contribution in [3.63, 3.8) is 0 Å². The molecule has 0 fully saturated rings. The number of esters is 1. The van der Waals surface area contributed by atoms with Gasteiger partial charge in [0.15, 0.2) is 0 Å². The number of carbonyl (C=O) groups is 2. The van der Waals surface area contributed by atoms with Crippen molar-refractivity contribution in [2.24, 2.45) is 0 Å². The summed E-state index contributed by atoms with van der Waals surface area (Å²) in [6, 6.07) is 13.3. The van der Waals surface area contributed by atoms with Crippen molar-refractivity contribution in [3.8, 4) is 0 Å². The molecular formula is C30H42N2O3. The molecule has 2 aromatic carbocycles. The number of fused-ring (bicyclic) bond motifs is 1. The maximum Gasteiger partial charge on any atom is 0.338 e. The molecule has 1 aliphatic carbocycles. The summed E-state index contributed by atoms with van der Waals surface area (Å²) >= 11 is 0. The first kappa shape index (κ1) is 26.8. The van der Waals surface area contributed by atoms with Crippen molar-refractivity contribution in [2.75, 3.05) is 23.4 Å². The third kappa shape index (κ3) is 6.45. The zero-order valence-corrected chi connectivity index (χ0v) is 22.4. The molecule has 0 heterocycles. The summed E-state index contributed by atoms with van der Waals surface area (Å²) in [5, 5.41) is 3.03. The smallest absolute Gasteiger partial charge is 0.338 e. The third-order valence-electron chi connectivity index (χ3n) is 7.28. The number of hydrogen-bond donors (Lipinski definition) is 1. The average Bonchev–Trinajstić information content (AvgIpc) is 2.82. The quantitative estimate of drug-likeness (QED) is 0.295. The summed E-state index contributed by atoms with van der Waals surface area (Å²) in [4.78, 5) is 27.3. The number of urea groups is 1. The van der Waals surface area contributed by atoms with Crippen LogP contribution in [0.3, 0.4) is 0 Å². The Kier molecular flexibility index (Phi) is 8.63. The van der Waals surface area contributed by atoms with Gasteiger partial charge in [0.25, 0.3) is 0 Å². The van der Waals surface area contributed by atoms with Crippen LogP contribution < -0.4 is 10.2 Å². The first-order valence-electron chi connectivity index (χ1n) is 13.1. The van der Waals surface area contributed by atoms with E-state index in [0.29, 0.717) is 24.4 Å². The second kappa shape index (κ2) is 11.3. The standard InChI is InChI=1S/C30H42N2O3/c1-7-9-10-11-20-32(28(34)31-23-14-12-22(13-15-23)27(33)35-8-2)24-16-17-25-26(21-24)30(5,6)19-18-29(25,3)4/h12-17,21H,7-11,18-20H2,1-6H3,(H,31,34). The number of nitrogens with one attached hydrogen (secondary N) is 1. The number of amides is 2. The van der Waals surface area contributed by atoms with Gasteiger partial charge in [-0.05, 0) is 84.5 Å². The summed E-state index contributed by atoms with van der Waals surface area (Å²) in [5.41, 5.74) is 5.01. The van der Waals surface area contributed by atoms with Gasteiger partial charge in [-0.2, -0.15) is 0 Å². The lowest BCUT2D eigenvalue weighted by atomic mass is 9.63. The maximum atomic E-state index is 13.5. The van der Waals surface area contributed by atoms with Gasteiger partial charge in [0.2, 0.25) is 0 Å². The molecule has 2 aromatic rings. The van der Waals surface area contributed by atoms with E-state index < -0.39 is 0 Å². The van der Waals surface area contributed by atoms with E-state index in [1.54, 1.807) is 31.2 Å². The molecule has 1 aliphatic rings. The molecule has 0 saturated heterocycles. The first-order valence-corrected chi connectivity index (χ1v) is 13.1. The topological polar surface area (TPSA) is 58.6 Å². The van der Waals surface area contributed by atoms with Gasteiger partial charge >= 0.3 is 12.0 Å². The maximum absolute atomic E-state index is 13.5. The largest absolute Gasteiger partial charge is 0.462 e. The summed E-state index contributed by atoms with van der Waals surface area (Å²) in [6.45, 7) is 14.2. The SMILES string of the molecule is CCCCCCN(C(=O)Nc1ccc(C(=O)OCC)cc1)c1ccc2c(c1)C(C)(C)CCC2(C)C. The Morgan fingerprint density at radius 2 is 1.54 bits per heavy atom. The number of carbonyl (C=O) groups excluding carboxylic acids is 2. The molecule has 0 aromatic heterocycles. The molecule has 3 rings (SSSR count). The lowest BCUT2D eigenvalue weighted by molar-refractivity contribution is 0.0526. The fraction of sp³-hybridized carbons (Fsp3) is 0.533. The summed E-state index contributed by atoms with van der Waals surface area (Å²) in [6.07, 6.45) is 6.66. The lowest BCUT2D eigenvalue weighted by Crippen LogP contribution is -2.37. The first-order chi connectivity index (χ1) is 16.6. The van der Waals surface area contributed by atoms with Crippen LogP contribution in [-0.2, 0) is 15.6 Å². The van der Waals surface area contributed by atoms with Crippen molar-refractivity contribution in [1.29, 1.82) is 0 Å². The number of hydrogen-bond acceptors (Lipinski definition) is 3. The molecule has 0 radical (unpaired) electrons. The molecule has 0 aliphatic heterocycles. The van der Waals surface area contributed by atoms with E-state index in [0.717, 1.165) is 44.2 Å². The Hall–Kier alpha value is -2.82. The summed E-state index contributed by atoms with van der Waals surface area (Å²) < 4.78 is 5.05. The molecule has 2 amide bonds. The van der Waals surface area contributed by atoms with Crippen LogP contribution in [0.5, 0.6) is 0 Å². The second-order valence-electron chi connectivity index (χ2n) is 10.9. The fourth-order valence-corrected chi connectivity index (χ4v) is 4.88. The normalized spacial score (nSPS) is 15.7. The van der Waals surface area contributed by atoms with Gasteiger partial charge < -0.3 is 10.1 Å². The van der Waals surface area contributed by atoms with E-state index >= 15 is 0 Å². The van der Waals surface area contributed by atoms with Crippen molar-refractivity contribution in [3.05, 3.63) is 59.2 Å². The van der Waals surface area contributed by atoms with E-state index in [-0.39, 0.29) is 22.8 Å². The van der Waals surface area contributed by atoms with Crippen molar-refractivity contribution in [2.45, 2.75) is 90.9 Å². The lowest BCUT2D eigenvalue weighted by Gasteiger charge is -2.42. The van der Waals surface area contributed by atoms with E-state index in [1.165, 1.54) is 11.1 Å². The fourth-order valence-electron chi connectivity index (χ4n) is 4.88. The van der Waals surface area contributed by atoms with E-state index in [1.807, 2.05) is 4.90 Å². The summed E-state index contributed by atoms with van der Waals surface area (Å²) in [5.74, 6) is -0.359. The van der Waals surface area contributed by atoms with Gasteiger partial charge in [0, 0.05) is 17.9 Å². The van der Waals surface area contributed by atoms with Crippen LogP contribution in [0.2, 0.25) is 0 Å². The Morgan fingerprint density at radius 3 is 2.17 bits per heavy atom. The third-order valence-corrected chi connectivity index (χ3v) is 7.28. The number of unbranched alkanes of at least 4 members (excludes halogenated alkanes) is 3. The minimum atomic E-state index is -0.359. The Labute approximate surface area is 211 Å². The molecule has 5 nitrogen and oxygen atoms in total. The van der Waals surface area contributed by atoms with Crippen molar-refractivity contribution < 1.29 is 14.3 Å². The van der Waals surface area contributed by atoms with Crippen LogP contribution in [-0.4, -0.2) is 25.2 Å². The molecule has 190 valence electrons. The van der Waals surface area contributed by atoms with Crippen LogP contribution >= 0.6 is 0 Å². The van der Waals surface area contributed by atoms with Crippen LogP contribution in [0.1, 0.15) is 102 Å². The molecule has 0 atom stereocenters. The predicted octanol–water partition coefficient (Wildman–Crippen LogP) is 7.83.